The van der Waals surface area contributed by atoms with Crippen LogP contribution < -0.4 is 0 Å². The van der Waals surface area contributed by atoms with Crippen molar-refractivity contribution in [3.8, 4) is 10.6 Å². The number of carbonyl (C=O) groups excluding carboxylic acids is 1. The minimum Gasteiger partial charge on any atom is -0.464 e. The number of methoxy groups -OCH3 is 1. The Morgan fingerprint density at radius 2 is 2.12 bits per heavy atom. The lowest BCUT2D eigenvalue weighted by Gasteiger charge is -1.98. The highest BCUT2D eigenvalue weighted by Gasteiger charge is 2.11. The molecule has 0 aliphatic heterocycles. The maximum absolute atomic E-state index is 11.2. The minimum atomic E-state index is -0.431. The summed E-state index contributed by atoms with van der Waals surface area (Å²) in [6, 6.07) is 7.39. The number of carbonyl (C=O) groups is 1. The van der Waals surface area contributed by atoms with Gasteiger partial charge in [-0.1, -0.05) is 24.3 Å². The number of benzene rings is 1. The number of aromatic nitrogens is 1. The van der Waals surface area contributed by atoms with E-state index < -0.39 is 5.97 Å². The molecule has 0 aliphatic rings. The fraction of sp³-hybridized carbons (Fsp3) is 0.167. The third kappa shape index (κ3) is 2.51. The molecule has 0 saturated heterocycles. The van der Waals surface area contributed by atoms with Crippen molar-refractivity contribution in [2.45, 2.75) is 6.61 Å². The highest BCUT2D eigenvalue weighted by molar-refractivity contribution is 7.13. The second-order valence-corrected chi connectivity index (χ2v) is 4.24. The van der Waals surface area contributed by atoms with Crippen LogP contribution in [0.4, 0.5) is 0 Å². The largest absolute Gasteiger partial charge is 0.464 e. The number of hydrogen-bond acceptors (Lipinski definition) is 5. The number of aliphatic hydroxyl groups is 1. The first-order valence-electron chi connectivity index (χ1n) is 4.98. The van der Waals surface area contributed by atoms with Gasteiger partial charge in [-0.3, -0.25) is 0 Å². The quantitative estimate of drug-likeness (QED) is 0.846. The van der Waals surface area contributed by atoms with E-state index >= 15 is 0 Å². The Morgan fingerprint density at radius 1 is 1.41 bits per heavy atom. The monoisotopic (exact) mass is 249 g/mol. The van der Waals surface area contributed by atoms with Crippen LogP contribution in [-0.2, 0) is 11.3 Å². The van der Waals surface area contributed by atoms with Gasteiger partial charge in [0.25, 0.3) is 0 Å². The van der Waals surface area contributed by atoms with Crippen molar-refractivity contribution in [3.05, 3.63) is 40.9 Å². The van der Waals surface area contributed by atoms with Gasteiger partial charge in [0.15, 0.2) is 5.69 Å². The Kier molecular flexibility index (Phi) is 3.51. The first kappa shape index (κ1) is 11.8. The van der Waals surface area contributed by atoms with Crippen LogP contribution in [0.3, 0.4) is 0 Å². The summed E-state index contributed by atoms with van der Waals surface area (Å²) in [6.45, 7) is 0.0194. The van der Waals surface area contributed by atoms with Crippen molar-refractivity contribution < 1.29 is 14.6 Å². The number of rotatable bonds is 3. The topological polar surface area (TPSA) is 59.4 Å². The van der Waals surface area contributed by atoms with Crippen LogP contribution in [0.5, 0.6) is 0 Å². The normalized spacial score (nSPS) is 10.2. The molecule has 88 valence electrons. The predicted octanol–water partition coefficient (Wildman–Crippen LogP) is 2.09. The number of aliphatic hydroxyl groups excluding tert-OH is 1. The van der Waals surface area contributed by atoms with Gasteiger partial charge in [0.2, 0.25) is 0 Å². The second-order valence-electron chi connectivity index (χ2n) is 3.38. The Hall–Kier alpha value is -1.72. The molecule has 0 unspecified atom stereocenters. The van der Waals surface area contributed by atoms with Crippen LogP contribution in [0.2, 0.25) is 0 Å². The molecule has 0 bridgehead atoms. The molecule has 2 aromatic rings. The average Bonchev–Trinajstić information content (AvgIpc) is 2.87. The van der Waals surface area contributed by atoms with E-state index in [1.807, 2.05) is 24.3 Å². The predicted molar refractivity (Wildman–Crippen MR) is 64.8 cm³/mol. The maximum atomic E-state index is 11.2. The highest BCUT2D eigenvalue weighted by atomic mass is 32.1. The molecule has 5 heteroatoms. The summed E-state index contributed by atoms with van der Waals surface area (Å²) in [5.74, 6) is -0.431. The van der Waals surface area contributed by atoms with Gasteiger partial charge in [-0.2, -0.15) is 0 Å². The Labute approximate surface area is 103 Å². The fourth-order valence-electron chi connectivity index (χ4n) is 1.36. The van der Waals surface area contributed by atoms with Gasteiger partial charge in [0.1, 0.15) is 5.01 Å². The van der Waals surface area contributed by atoms with Crippen LogP contribution in [-0.4, -0.2) is 23.2 Å². The van der Waals surface area contributed by atoms with E-state index in [-0.39, 0.29) is 6.61 Å². The Morgan fingerprint density at radius 3 is 2.71 bits per heavy atom. The fourth-order valence-corrected chi connectivity index (χ4v) is 2.15. The molecule has 1 heterocycles. The molecule has 0 aliphatic carbocycles. The molecule has 0 fully saturated rings. The molecule has 0 spiro atoms. The summed E-state index contributed by atoms with van der Waals surface area (Å²) in [6.07, 6.45) is 0. The maximum Gasteiger partial charge on any atom is 0.357 e. The van der Waals surface area contributed by atoms with Crippen LogP contribution in [0, 0.1) is 0 Å². The molecule has 1 aromatic carbocycles. The number of esters is 1. The Balaban J connectivity index is 2.27. The molecule has 0 radical (unpaired) electrons. The number of ether oxygens (including phenoxy) is 1. The summed E-state index contributed by atoms with van der Waals surface area (Å²) in [4.78, 5) is 15.4. The molecule has 2 rings (SSSR count). The van der Waals surface area contributed by atoms with Gasteiger partial charge >= 0.3 is 5.97 Å². The third-order valence-electron chi connectivity index (χ3n) is 2.28. The van der Waals surface area contributed by atoms with E-state index in [9.17, 15) is 4.79 Å². The standard InChI is InChI=1S/C12H11NO3S/c1-16-12(15)10-7-17-11(13-10)9-4-2-8(6-14)3-5-9/h2-5,7,14H,6H2,1H3. The minimum absolute atomic E-state index is 0.0194. The van der Waals surface area contributed by atoms with E-state index in [4.69, 9.17) is 5.11 Å². The van der Waals surface area contributed by atoms with Gasteiger partial charge in [0, 0.05) is 10.9 Å². The first-order chi connectivity index (χ1) is 8.24. The summed E-state index contributed by atoms with van der Waals surface area (Å²) >= 11 is 1.39. The van der Waals surface area contributed by atoms with Crippen molar-refractivity contribution >= 4 is 17.3 Å². The molecular formula is C12H11NO3S. The summed E-state index contributed by atoms with van der Waals surface area (Å²) in [7, 11) is 1.33. The zero-order valence-corrected chi connectivity index (χ0v) is 10.0. The summed E-state index contributed by atoms with van der Waals surface area (Å²) < 4.78 is 4.59. The lowest BCUT2D eigenvalue weighted by molar-refractivity contribution is 0.0595. The molecule has 4 nitrogen and oxygen atoms in total. The summed E-state index contributed by atoms with van der Waals surface area (Å²) in [5.41, 5.74) is 2.08. The molecule has 1 aromatic heterocycles. The van der Waals surface area contributed by atoms with Gasteiger partial charge < -0.3 is 9.84 Å². The van der Waals surface area contributed by atoms with Gasteiger partial charge in [0.05, 0.1) is 13.7 Å². The summed E-state index contributed by atoms with van der Waals surface area (Å²) in [5, 5.41) is 11.4. The van der Waals surface area contributed by atoms with Crippen molar-refractivity contribution in [3.63, 3.8) is 0 Å². The van der Waals surface area contributed by atoms with E-state index in [0.29, 0.717) is 5.69 Å². The average molecular weight is 249 g/mol. The van der Waals surface area contributed by atoms with Crippen LogP contribution in [0.15, 0.2) is 29.6 Å². The molecule has 0 amide bonds. The van der Waals surface area contributed by atoms with E-state index in [2.05, 4.69) is 9.72 Å². The van der Waals surface area contributed by atoms with E-state index in [1.54, 1.807) is 5.38 Å². The van der Waals surface area contributed by atoms with Gasteiger partial charge in [-0.05, 0) is 5.56 Å². The van der Waals surface area contributed by atoms with Crippen LogP contribution in [0.1, 0.15) is 16.1 Å². The lowest BCUT2D eigenvalue weighted by atomic mass is 10.1. The van der Waals surface area contributed by atoms with Crippen molar-refractivity contribution in [1.82, 2.24) is 4.98 Å². The van der Waals surface area contributed by atoms with E-state index in [1.165, 1.54) is 18.4 Å². The zero-order valence-electron chi connectivity index (χ0n) is 9.21. The molecular weight excluding hydrogens is 238 g/mol. The van der Waals surface area contributed by atoms with Gasteiger partial charge in [-0.25, -0.2) is 9.78 Å². The third-order valence-corrected chi connectivity index (χ3v) is 3.17. The SMILES string of the molecule is COC(=O)c1csc(-c2ccc(CO)cc2)n1. The van der Waals surface area contributed by atoms with Crippen molar-refractivity contribution in [2.75, 3.05) is 7.11 Å². The molecule has 0 atom stereocenters. The van der Waals surface area contributed by atoms with Crippen molar-refractivity contribution in [1.29, 1.82) is 0 Å². The number of hydrogen-bond donors (Lipinski definition) is 1. The van der Waals surface area contributed by atoms with Crippen LogP contribution >= 0.6 is 11.3 Å². The number of thiazole rings is 1. The molecule has 17 heavy (non-hydrogen) atoms. The lowest BCUT2D eigenvalue weighted by Crippen LogP contribution is -2.00. The van der Waals surface area contributed by atoms with Gasteiger partial charge in [-0.15, -0.1) is 11.3 Å². The van der Waals surface area contributed by atoms with Crippen LogP contribution in [0.25, 0.3) is 10.6 Å². The van der Waals surface area contributed by atoms with E-state index in [0.717, 1.165) is 16.1 Å². The zero-order chi connectivity index (χ0) is 12.3. The Bertz CT molecular complexity index is 519. The second kappa shape index (κ2) is 5.07. The number of nitrogens with zero attached hydrogens (tertiary/aromatic N) is 1. The first-order valence-corrected chi connectivity index (χ1v) is 5.86. The molecule has 1 N–H and O–H groups in total. The highest BCUT2D eigenvalue weighted by Crippen LogP contribution is 2.24. The smallest absolute Gasteiger partial charge is 0.357 e. The van der Waals surface area contributed by atoms with Crippen molar-refractivity contribution in [2.24, 2.45) is 0 Å². The molecule has 0 saturated carbocycles.